The summed E-state index contributed by atoms with van der Waals surface area (Å²) in [5.41, 5.74) is 2.97. The molecule has 3 nitrogen and oxygen atoms in total. The summed E-state index contributed by atoms with van der Waals surface area (Å²) in [4.78, 5) is 14.9. The van der Waals surface area contributed by atoms with Gasteiger partial charge in [-0.1, -0.05) is 6.92 Å². The van der Waals surface area contributed by atoms with E-state index in [1.54, 1.807) is 0 Å². The van der Waals surface area contributed by atoms with Crippen LogP contribution in [0.3, 0.4) is 0 Å². The van der Waals surface area contributed by atoms with Crippen molar-refractivity contribution in [3.8, 4) is 5.75 Å². The molecule has 1 aliphatic rings. The van der Waals surface area contributed by atoms with Crippen molar-refractivity contribution >= 4 is 5.78 Å². The summed E-state index contributed by atoms with van der Waals surface area (Å²) in [7, 11) is 0. The van der Waals surface area contributed by atoms with E-state index in [1.807, 2.05) is 32.9 Å². The molecule has 0 aromatic heterocycles. The van der Waals surface area contributed by atoms with E-state index in [4.69, 9.17) is 4.74 Å². The maximum atomic E-state index is 12.6. The third kappa shape index (κ3) is 3.85. The number of carbonyl (C=O) groups is 1. The first kappa shape index (κ1) is 16.0. The summed E-state index contributed by atoms with van der Waals surface area (Å²) in [6, 6.07) is 3.85. The van der Waals surface area contributed by atoms with Gasteiger partial charge in [-0.3, -0.25) is 9.69 Å². The molecule has 0 aliphatic carbocycles. The maximum Gasteiger partial charge on any atom is 0.177 e. The molecular formula is C18H27NO2. The van der Waals surface area contributed by atoms with Gasteiger partial charge in [-0.2, -0.15) is 0 Å². The molecular weight excluding hydrogens is 262 g/mol. The Morgan fingerprint density at radius 3 is 2.76 bits per heavy atom. The SMILES string of the molecule is CCOc1ccc(C(=O)CN2CCCC(C)C2)c(C)c1C. The number of benzene rings is 1. The number of piperidine rings is 1. The van der Waals surface area contributed by atoms with Gasteiger partial charge in [-0.15, -0.1) is 0 Å². The Labute approximate surface area is 128 Å². The quantitative estimate of drug-likeness (QED) is 0.775. The molecule has 1 saturated heterocycles. The molecule has 1 atom stereocenters. The van der Waals surface area contributed by atoms with Crippen LogP contribution in [-0.4, -0.2) is 36.9 Å². The molecule has 1 fully saturated rings. The summed E-state index contributed by atoms with van der Waals surface area (Å²) < 4.78 is 5.59. The second-order valence-corrected chi connectivity index (χ2v) is 6.20. The van der Waals surface area contributed by atoms with E-state index in [0.29, 0.717) is 19.1 Å². The molecule has 116 valence electrons. The zero-order valence-electron chi connectivity index (χ0n) is 13.7. The second-order valence-electron chi connectivity index (χ2n) is 6.20. The average molecular weight is 289 g/mol. The minimum atomic E-state index is 0.229. The molecule has 1 unspecified atom stereocenters. The summed E-state index contributed by atoms with van der Waals surface area (Å²) in [6.45, 7) is 11.6. The van der Waals surface area contributed by atoms with Gasteiger partial charge >= 0.3 is 0 Å². The van der Waals surface area contributed by atoms with Crippen molar-refractivity contribution in [2.24, 2.45) is 5.92 Å². The smallest absolute Gasteiger partial charge is 0.177 e. The first-order valence-electron chi connectivity index (χ1n) is 8.01. The van der Waals surface area contributed by atoms with Gasteiger partial charge < -0.3 is 4.74 Å². The van der Waals surface area contributed by atoms with Gasteiger partial charge in [0.1, 0.15) is 5.75 Å². The number of hydrogen-bond acceptors (Lipinski definition) is 3. The van der Waals surface area contributed by atoms with Crippen LogP contribution in [0.5, 0.6) is 5.75 Å². The fourth-order valence-corrected chi connectivity index (χ4v) is 3.13. The van der Waals surface area contributed by atoms with E-state index in [2.05, 4.69) is 11.8 Å². The van der Waals surface area contributed by atoms with Crippen molar-refractivity contribution in [3.05, 3.63) is 28.8 Å². The second kappa shape index (κ2) is 7.08. The molecule has 1 aromatic rings. The van der Waals surface area contributed by atoms with E-state index in [1.165, 1.54) is 12.8 Å². The molecule has 0 spiro atoms. The maximum absolute atomic E-state index is 12.6. The fourth-order valence-electron chi connectivity index (χ4n) is 3.13. The lowest BCUT2D eigenvalue weighted by atomic mass is 9.97. The zero-order valence-corrected chi connectivity index (χ0v) is 13.7. The molecule has 2 rings (SSSR count). The zero-order chi connectivity index (χ0) is 15.4. The standard InChI is InChI=1S/C18H27NO2/c1-5-21-18-9-8-16(14(3)15(18)4)17(20)12-19-10-6-7-13(2)11-19/h8-9,13H,5-7,10-12H2,1-4H3. The van der Waals surface area contributed by atoms with Crippen molar-refractivity contribution in [1.82, 2.24) is 4.90 Å². The van der Waals surface area contributed by atoms with Gasteiger partial charge in [0, 0.05) is 12.1 Å². The van der Waals surface area contributed by atoms with E-state index in [0.717, 1.165) is 35.5 Å². The van der Waals surface area contributed by atoms with Gasteiger partial charge in [-0.05, 0) is 69.3 Å². The third-order valence-corrected chi connectivity index (χ3v) is 4.45. The Hall–Kier alpha value is -1.35. The van der Waals surface area contributed by atoms with Crippen LogP contribution in [0, 0.1) is 19.8 Å². The van der Waals surface area contributed by atoms with Crippen LogP contribution < -0.4 is 4.74 Å². The minimum absolute atomic E-state index is 0.229. The predicted molar refractivity (Wildman–Crippen MR) is 86.3 cm³/mol. The molecule has 1 heterocycles. The molecule has 0 saturated carbocycles. The van der Waals surface area contributed by atoms with Crippen molar-refractivity contribution in [3.63, 3.8) is 0 Å². The van der Waals surface area contributed by atoms with Gasteiger partial charge in [0.2, 0.25) is 0 Å². The van der Waals surface area contributed by atoms with Crippen LogP contribution in [0.1, 0.15) is 48.2 Å². The van der Waals surface area contributed by atoms with Crippen LogP contribution in [0.4, 0.5) is 0 Å². The largest absolute Gasteiger partial charge is 0.494 e. The molecule has 21 heavy (non-hydrogen) atoms. The van der Waals surface area contributed by atoms with E-state index >= 15 is 0 Å². The van der Waals surface area contributed by atoms with Crippen LogP contribution >= 0.6 is 0 Å². The number of likely N-dealkylation sites (tertiary alicyclic amines) is 1. The predicted octanol–water partition coefficient (Wildman–Crippen LogP) is 3.62. The number of carbonyl (C=O) groups excluding carboxylic acids is 1. The number of hydrogen-bond donors (Lipinski definition) is 0. The van der Waals surface area contributed by atoms with Gasteiger partial charge in [0.15, 0.2) is 5.78 Å². The summed E-state index contributed by atoms with van der Waals surface area (Å²) in [5.74, 6) is 1.82. The van der Waals surface area contributed by atoms with Gasteiger partial charge in [-0.25, -0.2) is 0 Å². The lowest BCUT2D eigenvalue weighted by molar-refractivity contribution is 0.0892. The third-order valence-electron chi connectivity index (χ3n) is 4.45. The summed E-state index contributed by atoms with van der Waals surface area (Å²) >= 11 is 0. The van der Waals surface area contributed by atoms with E-state index in [-0.39, 0.29) is 5.78 Å². The van der Waals surface area contributed by atoms with Gasteiger partial charge in [0.25, 0.3) is 0 Å². The molecule has 1 aromatic carbocycles. The van der Waals surface area contributed by atoms with Crippen LogP contribution in [0.2, 0.25) is 0 Å². The highest BCUT2D eigenvalue weighted by molar-refractivity contribution is 5.99. The molecule has 0 radical (unpaired) electrons. The first-order valence-corrected chi connectivity index (χ1v) is 8.01. The highest BCUT2D eigenvalue weighted by atomic mass is 16.5. The minimum Gasteiger partial charge on any atom is -0.494 e. The molecule has 0 N–H and O–H groups in total. The van der Waals surface area contributed by atoms with Crippen LogP contribution in [0.25, 0.3) is 0 Å². The Morgan fingerprint density at radius 2 is 2.10 bits per heavy atom. The van der Waals surface area contributed by atoms with Crippen LogP contribution in [0.15, 0.2) is 12.1 Å². The van der Waals surface area contributed by atoms with Crippen molar-refractivity contribution in [2.75, 3.05) is 26.2 Å². The van der Waals surface area contributed by atoms with Gasteiger partial charge in [0.05, 0.1) is 13.2 Å². The Balaban J connectivity index is 2.10. The number of nitrogens with zero attached hydrogens (tertiary/aromatic N) is 1. The van der Waals surface area contributed by atoms with E-state index in [9.17, 15) is 4.79 Å². The molecule has 3 heteroatoms. The highest BCUT2D eigenvalue weighted by Crippen LogP contribution is 2.25. The Morgan fingerprint density at radius 1 is 1.33 bits per heavy atom. The average Bonchev–Trinajstić information content (AvgIpc) is 2.44. The normalized spacial score (nSPS) is 19.5. The highest BCUT2D eigenvalue weighted by Gasteiger charge is 2.20. The fraction of sp³-hybridized carbons (Fsp3) is 0.611. The van der Waals surface area contributed by atoms with E-state index < -0.39 is 0 Å². The molecule has 1 aliphatic heterocycles. The van der Waals surface area contributed by atoms with Crippen molar-refractivity contribution in [2.45, 2.75) is 40.5 Å². The lowest BCUT2D eigenvalue weighted by Gasteiger charge is -2.30. The molecule has 0 amide bonds. The summed E-state index contributed by atoms with van der Waals surface area (Å²) in [5, 5.41) is 0. The van der Waals surface area contributed by atoms with Crippen molar-refractivity contribution < 1.29 is 9.53 Å². The first-order chi connectivity index (χ1) is 10.0. The topological polar surface area (TPSA) is 29.5 Å². The monoisotopic (exact) mass is 289 g/mol. The number of ketones is 1. The Bertz CT molecular complexity index is 510. The number of Topliss-reactive ketones (excluding diaryl/α,β-unsaturated/α-hetero) is 1. The Kier molecular flexibility index (Phi) is 5.40. The summed E-state index contributed by atoms with van der Waals surface area (Å²) in [6.07, 6.45) is 2.49. The van der Waals surface area contributed by atoms with Crippen LogP contribution in [-0.2, 0) is 0 Å². The van der Waals surface area contributed by atoms with Crippen molar-refractivity contribution in [1.29, 1.82) is 0 Å². The number of ether oxygens (including phenoxy) is 1. The number of rotatable bonds is 5. The molecule has 0 bridgehead atoms. The lowest BCUT2D eigenvalue weighted by Crippen LogP contribution is -2.38.